The molecule has 4 rings (SSSR count). The molecule has 0 saturated carbocycles. The molecule has 8 heteroatoms. The zero-order valence-corrected chi connectivity index (χ0v) is 18.3. The molecule has 2 aromatic carbocycles. The number of anilines is 1. The third kappa shape index (κ3) is 5.19. The molecule has 0 aromatic heterocycles. The van der Waals surface area contributed by atoms with Crippen LogP contribution < -0.4 is 10.1 Å². The molecule has 2 saturated heterocycles. The van der Waals surface area contributed by atoms with Crippen LogP contribution in [0, 0.1) is 5.82 Å². The first kappa shape index (κ1) is 22.1. The molecule has 1 N–H and O–H groups in total. The standard InChI is InChI=1S/C24H29FN4O3/c1-32-21-9-7-20(8-10-21)26-24(31)28-13-2-12-27(15-16-28)22-11-14-29(23(22)30)17-18-3-5-19(25)6-4-18/h3-10,22H,2,11-17H2,1H3,(H,26,31)/t22-/m1/s1. The van der Waals surface area contributed by atoms with Gasteiger partial charge in [0.25, 0.3) is 0 Å². The molecule has 2 aliphatic heterocycles. The van der Waals surface area contributed by atoms with Crippen LogP contribution in [0.5, 0.6) is 5.75 Å². The Morgan fingerprint density at radius 1 is 1.03 bits per heavy atom. The van der Waals surface area contributed by atoms with Crippen LogP contribution in [-0.4, -0.2) is 72.5 Å². The molecule has 2 fully saturated rings. The van der Waals surface area contributed by atoms with Crippen LogP contribution in [0.3, 0.4) is 0 Å². The first-order chi connectivity index (χ1) is 15.5. The summed E-state index contributed by atoms with van der Waals surface area (Å²) in [5.74, 6) is 0.582. The Hall–Kier alpha value is -3.13. The van der Waals surface area contributed by atoms with Crippen molar-refractivity contribution in [1.29, 1.82) is 0 Å². The van der Waals surface area contributed by atoms with Crippen LogP contribution in [0.1, 0.15) is 18.4 Å². The molecule has 0 radical (unpaired) electrons. The first-order valence-corrected chi connectivity index (χ1v) is 11.0. The monoisotopic (exact) mass is 440 g/mol. The molecule has 2 aliphatic rings. The minimum absolute atomic E-state index is 0.116. The number of nitrogens with one attached hydrogen (secondary N) is 1. The molecular weight excluding hydrogens is 411 g/mol. The Morgan fingerprint density at radius 3 is 2.50 bits per heavy atom. The summed E-state index contributed by atoms with van der Waals surface area (Å²) >= 11 is 0. The second-order valence-corrected chi connectivity index (χ2v) is 8.23. The number of methoxy groups -OCH3 is 1. The highest BCUT2D eigenvalue weighted by molar-refractivity contribution is 5.89. The van der Waals surface area contributed by atoms with Crippen LogP contribution >= 0.6 is 0 Å². The van der Waals surface area contributed by atoms with Crippen molar-refractivity contribution in [2.75, 3.05) is 45.2 Å². The Bertz CT molecular complexity index is 935. The Balaban J connectivity index is 1.30. The van der Waals surface area contributed by atoms with Gasteiger partial charge in [-0.2, -0.15) is 0 Å². The summed E-state index contributed by atoms with van der Waals surface area (Å²) in [5, 5.41) is 2.93. The summed E-state index contributed by atoms with van der Waals surface area (Å²) in [6.07, 6.45) is 1.59. The van der Waals surface area contributed by atoms with Gasteiger partial charge in [0.05, 0.1) is 13.2 Å². The van der Waals surface area contributed by atoms with E-state index in [0.717, 1.165) is 36.4 Å². The fourth-order valence-electron chi connectivity index (χ4n) is 4.36. The Labute approximate surface area is 187 Å². The summed E-state index contributed by atoms with van der Waals surface area (Å²) in [7, 11) is 1.60. The number of hydrogen-bond donors (Lipinski definition) is 1. The zero-order valence-electron chi connectivity index (χ0n) is 18.3. The van der Waals surface area contributed by atoms with Crippen LogP contribution in [0.25, 0.3) is 0 Å². The molecule has 7 nitrogen and oxygen atoms in total. The van der Waals surface area contributed by atoms with E-state index in [1.807, 2.05) is 29.2 Å². The predicted molar refractivity (Wildman–Crippen MR) is 120 cm³/mol. The Kier molecular flexibility index (Phi) is 6.90. The maximum absolute atomic E-state index is 13.1. The molecule has 3 amide bonds. The topological polar surface area (TPSA) is 65.1 Å². The lowest BCUT2D eigenvalue weighted by Crippen LogP contribution is -2.44. The van der Waals surface area contributed by atoms with Crippen LogP contribution in [0.15, 0.2) is 48.5 Å². The molecule has 0 aliphatic carbocycles. The normalized spacial score (nSPS) is 19.7. The molecule has 0 unspecified atom stereocenters. The van der Waals surface area contributed by atoms with E-state index in [1.54, 1.807) is 24.1 Å². The minimum atomic E-state index is -0.274. The van der Waals surface area contributed by atoms with Crippen molar-refractivity contribution < 1.29 is 18.7 Å². The minimum Gasteiger partial charge on any atom is -0.497 e. The fourth-order valence-corrected chi connectivity index (χ4v) is 4.36. The maximum atomic E-state index is 13.1. The van der Waals surface area contributed by atoms with Gasteiger partial charge in [-0.3, -0.25) is 9.69 Å². The number of benzene rings is 2. The number of likely N-dealkylation sites (tertiary alicyclic amines) is 1. The van der Waals surface area contributed by atoms with Gasteiger partial charge in [-0.05, 0) is 54.8 Å². The van der Waals surface area contributed by atoms with Gasteiger partial charge in [-0.25, -0.2) is 9.18 Å². The molecular formula is C24H29FN4O3. The van der Waals surface area contributed by atoms with Crippen molar-refractivity contribution in [3.63, 3.8) is 0 Å². The SMILES string of the molecule is COc1ccc(NC(=O)N2CCCN([C@@H]3CCN(Cc4ccc(F)cc4)C3=O)CC2)cc1. The third-order valence-electron chi connectivity index (χ3n) is 6.16. The highest BCUT2D eigenvalue weighted by atomic mass is 19.1. The molecule has 2 heterocycles. The average molecular weight is 441 g/mol. The third-order valence-corrected chi connectivity index (χ3v) is 6.16. The van der Waals surface area contributed by atoms with Crippen LogP contribution in [0.2, 0.25) is 0 Å². The van der Waals surface area contributed by atoms with E-state index >= 15 is 0 Å². The van der Waals surface area contributed by atoms with Crippen molar-refractivity contribution in [2.45, 2.75) is 25.4 Å². The van der Waals surface area contributed by atoms with Gasteiger partial charge in [0.15, 0.2) is 0 Å². The summed E-state index contributed by atoms with van der Waals surface area (Å²) in [6.45, 7) is 3.87. The summed E-state index contributed by atoms with van der Waals surface area (Å²) < 4.78 is 18.3. The number of amides is 3. The van der Waals surface area contributed by atoms with Crippen LogP contribution in [0.4, 0.5) is 14.9 Å². The lowest BCUT2D eigenvalue weighted by Gasteiger charge is -2.26. The highest BCUT2D eigenvalue weighted by Gasteiger charge is 2.36. The quantitative estimate of drug-likeness (QED) is 0.776. The van der Waals surface area contributed by atoms with Gasteiger partial charge in [0, 0.05) is 45.0 Å². The smallest absolute Gasteiger partial charge is 0.321 e. The van der Waals surface area contributed by atoms with Crippen molar-refractivity contribution in [3.8, 4) is 5.75 Å². The van der Waals surface area contributed by atoms with Gasteiger partial charge in [0.1, 0.15) is 11.6 Å². The predicted octanol–water partition coefficient (Wildman–Crippen LogP) is 3.18. The Morgan fingerprint density at radius 2 is 1.78 bits per heavy atom. The van der Waals surface area contributed by atoms with E-state index < -0.39 is 0 Å². The number of ether oxygens (including phenoxy) is 1. The number of urea groups is 1. The molecule has 32 heavy (non-hydrogen) atoms. The van der Waals surface area contributed by atoms with E-state index in [0.29, 0.717) is 32.7 Å². The molecule has 2 aromatic rings. The van der Waals surface area contributed by atoms with E-state index in [9.17, 15) is 14.0 Å². The van der Waals surface area contributed by atoms with Crippen molar-refractivity contribution in [1.82, 2.24) is 14.7 Å². The lowest BCUT2D eigenvalue weighted by molar-refractivity contribution is -0.132. The second-order valence-electron chi connectivity index (χ2n) is 8.23. The van der Waals surface area contributed by atoms with E-state index in [2.05, 4.69) is 10.2 Å². The molecule has 0 spiro atoms. The van der Waals surface area contributed by atoms with Crippen molar-refractivity contribution in [2.24, 2.45) is 0 Å². The average Bonchev–Trinajstić information content (AvgIpc) is 3.00. The van der Waals surface area contributed by atoms with E-state index in [4.69, 9.17) is 4.74 Å². The highest BCUT2D eigenvalue weighted by Crippen LogP contribution is 2.22. The van der Waals surface area contributed by atoms with Gasteiger partial charge in [-0.15, -0.1) is 0 Å². The molecule has 170 valence electrons. The second kappa shape index (κ2) is 9.99. The number of nitrogens with zero attached hydrogens (tertiary/aromatic N) is 3. The number of hydrogen-bond acceptors (Lipinski definition) is 4. The summed E-state index contributed by atoms with van der Waals surface area (Å²) in [4.78, 5) is 31.6. The van der Waals surface area contributed by atoms with Gasteiger partial charge >= 0.3 is 6.03 Å². The summed E-state index contributed by atoms with van der Waals surface area (Å²) in [5.41, 5.74) is 1.65. The molecule has 1 atom stereocenters. The first-order valence-electron chi connectivity index (χ1n) is 11.0. The van der Waals surface area contributed by atoms with Gasteiger partial charge < -0.3 is 19.9 Å². The van der Waals surface area contributed by atoms with Crippen molar-refractivity contribution >= 4 is 17.6 Å². The number of carbonyl (C=O) groups excluding carboxylic acids is 2. The summed E-state index contributed by atoms with van der Waals surface area (Å²) in [6, 6.07) is 13.3. The molecule has 0 bridgehead atoms. The largest absolute Gasteiger partial charge is 0.497 e. The van der Waals surface area contributed by atoms with E-state index in [-0.39, 0.29) is 23.8 Å². The fraction of sp³-hybridized carbons (Fsp3) is 0.417. The van der Waals surface area contributed by atoms with Crippen molar-refractivity contribution in [3.05, 3.63) is 59.9 Å². The van der Waals surface area contributed by atoms with Gasteiger partial charge in [0.2, 0.25) is 5.91 Å². The van der Waals surface area contributed by atoms with Crippen LogP contribution in [-0.2, 0) is 11.3 Å². The maximum Gasteiger partial charge on any atom is 0.321 e. The number of carbonyl (C=O) groups is 2. The zero-order chi connectivity index (χ0) is 22.5. The van der Waals surface area contributed by atoms with E-state index in [1.165, 1.54) is 12.1 Å². The lowest BCUT2D eigenvalue weighted by atomic mass is 10.2. The van der Waals surface area contributed by atoms with Gasteiger partial charge in [-0.1, -0.05) is 12.1 Å². The number of rotatable bonds is 5. The number of halogens is 1.